The van der Waals surface area contributed by atoms with Crippen LogP contribution in [0, 0.1) is 0 Å². The average Bonchev–Trinajstić information content (AvgIpc) is 0.722. The third-order valence-electron chi connectivity index (χ3n) is 0. The molecule has 0 rings (SSSR count). The van der Waals surface area contributed by atoms with Crippen molar-refractivity contribution in [1.82, 2.24) is 0 Å². The monoisotopic (exact) mass is 224 g/mol. The Morgan fingerprint density at radius 3 is 0.875 bits per heavy atom. The molecule has 0 radical (unpaired) electrons. The van der Waals surface area contributed by atoms with Gasteiger partial charge in [0.1, 0.15) is 0 Å². The number of hydrogen-bond acceptors (Lipinski definition) is 2. The van der Waals surface area contributed by atoms with Crippen LogP contribution in [0.2, 0.25) is 0 Å². The molecule has 8 heteroatoms. The summed E-state index contributed by atoms with van der Waals surface area (Å²) in [5, 5.41) is 0. The molecule has 0 aliphatic rings. The first kappa shape index (κ1) is 22.6. The Kier molecular flexibility index (Phi) is 30.1. The van der Waals surface area contributed by atoms with Crippen LogP contribution in [0.3, 0.4) is 0 Å². The molecule has 2 N–H and O–H groups in total. The van der Waals surface area contributed by atoms with Gasteiger partial charge in [0, 0.05) is 0 Å². The van der Waals surface area contributed by atoms with Gasteiger partial charge in [-0.05, 0) is 0 Å². The van der Waals surface area contributed by atoms with Crippen LogP contribution >= 0.6 is 0 Å². The summed E-state index contributed by atoms with van der Waals surface area (Å²) in [5.74, 6) is 0. The Hall–Kier alpha value is 3.65. The number of rotatable bonds is 0. The Bertz CT molecular complexity index is 94.5. The van der Waals surface area contributed by atoms with E-state index < -0.39 is 10.4 Å². The molecule has 0 atom stereocenters. The van der Waals surface area contributed by atoms with Gasteiger partial charge in [-0.1, -0.05) is 0 Å². The predicted molar refractivity (Wildman–Crippen MR) is 39.8 cm³/mol. The molecular weight excluding hydrogens is 216 g/mol. The molecule has 0 aromatic carbocycles. The van der Waals surface area contributed by atoms with E-state index in [4.69, 9.17) is 17.5 Å². The van der Waals surface area contributed by atoms with Crippen LogP contribution in [0.5, 0.6) is 0 Å². The molecule has 44 valence electrons. The van der Waals surface area contributed by atoms with E-state index in [9.17, 15) is 0 Å². The van der Waals surface area contributed by atoms with Crippen molar-refractivity contribution >= 4 is 124 Å². The Morgan fingerprint density at radius 1 is 0.875 bits per heavy atom. The molecule has 0 aromatic heterocycles. The molecule has 0 spiro atoms. The van der Waals surface area contributed by atoms with E-state index in [1.54, 1.807) is 0 Å². The van der Waals surface area contributed by atoms with Gasteiger partial charge in [-0.2, -0.15) is 8.42 Å². The minimum atomic E-state index is -4.67. The van der Waals surface area contributed by atoms with Crippen molar-refractivity contribution in [2.75, 3.05) is 0 Å². The van der Waals surface area contributed by atoms with Gasteiger partial charge in [0.2, 0.25) is 0 Å². The summed E-state index contributed by atoms with van der Waals surface area (Å²) in [6.45, 7) is 0. The van der Waals surface area contributed by atoms with Gasteiger partial charge in [-0.15, -0.1) is 0 Å². The zero-order valence-corrected chi connectivity index (χ0v) is 2.94. The van der Waals surface area contributed by atoms with E-state index >= 15 is 0 Å². The average molecular weight is 224 g/mol. The van der Waals surface area contributed by atoms with Crippen LogP contribution in [0.1, 0.15) is 0 Å². The number of hydrogen-bond donors (Lipinski definition) is 2. The van der Waals surface area contributed by atoms with E-state index in [0.717, 1.165) is 0 Å². The summed E-state index contributed by atoms with van der Waals surface area (Å²) in [4.78, 5) is 0. The molecule has 0 fully saturated rings. The van der Waals surface area contributed by atoms with Crippen molar-refractivity contribution in [3.63, 3.8) is 0 Å². The van der Waals surface area contributed by atoms with Crippen molar-refractivity contribution in [1.29, 1.82) is 0 Å². The third kappa shape index (κ3) is 54.2. The van der Waals surface area contributed by atoms with Crippen molar-refractivity contribution in [2.24, 2.45) is 0 Å². The second-order valence-electron chi connectivity index (χ2n) is 0.448. The van der Waals surface area contributed by atoms with Crippen molar-refractivity contribution in [2.45, 2.75) is 0 Å². The third-order valence-corrected chi connectivity index (χ3v) is 0. The van der Waals surface area contributed by atoms with Crippen LogP contribution in [0.25, 0.3) is 0 Å². The normalized spacial score (nSPS) is 7.25. The molecule has 0 aliphatic carbocycles. The summed E-state index contributed by atoms with van der Waals surface area (Å²) < 4.78 is 31.6. The zero-order valence-electron chi connectivity index (χ0n) is 2.12. The fourth-order valence-corrected chi connectivity index (χ4v) is 0. The molecule has 8 heavy (non-hydrogen) atoms. The summed E-state index contributed by atoms with van der Waals surface area (Å²) in [5.41, 5.74) is 0. The van der Waals surface area contributed by atoms with Crippen LogP contribution in [0.15, 0.2) is 0 Å². The van der Waals surface area contributed by atoms with Crippen LogP contribution in [-0.2, 0) is 10.4 Å². The Labute approximate surface area is 137 Å². The molecular formula is H8Ca3O4S. The van der Waals surface area contributed by atoms with Gasteiger partial charge in [0.05, 0.1) is 0 Å². The van der Waals surface area contributed by atoms with Crippen molar-refractivity contribution in [3.8, 4) is 0 Å². The predicted octanol–water partition coefficient (Wildman–Crippen LogP) is -3.40. The zero-order chi connectivity index (χ0) is 4.50. The molecule has 4 nitrogen and oxygen atoms in total. The van der Waals surface area contributed by atoms with Gasteiger partial charge in [0.25, 0.3) is 0 Å². The van der Waals surface area contributed by atoms with E-state index in [1.807, 2.05) is 0 Å². The fraction of sp³-hybridized carbons (Fsp3) is 0. The van der Waals surface area contributed by atoms with Gasteiger partial charge >= 0.3 is 124 Å². The van der Waals surface area contributed by atoms with E-state index in [0.29, 0.717) is 0 Å². The van der Waals surface area contributed by atoms with E-state index in [-0.39, 0.29) is 113 Å². The molecule has 0 saturated heterocycles. The van der Waals surface area contributed by atoms with Crippen LogP contribution < -0.4 is 0 Å². The van der Waals surface area contributed by atoms with E-state index in [2.05, 4.69) is 0 Å². The van der Waals surface area contributed by atoms with Crippen molar-refractivity contribution < 1.29 is 17.5 Å². The summed E-state index contributed by atoms with van der Waals surface area (Å²) >= 11 is 0. The van der Waals surface area contributed by atoms with E-state index in [1.165, 1.54) is 0 Å². The SMILES string of the molecule is O=S(=O)(O)O.[CaH2].[CaH2].[CaH2]. The molecule has 0 saturated carbocycles. The quantitative estimate of drug-likeness (QED) is 0.332. The maximum atomic E-state index is 8.74. The van der Waals surface area contributed by atoms with Gasteiger partial charge in [-0.25, -0.2) is 0 Å². The summed E-state index contributed by atoms with van der Waals surface area (Å²) in [6, 6.07) is 0. The van der Waals surface area contributed by atoms with Gasteiger partial charge in [0.15, 0.2) is 0 Å². The Morgan fingerprint density at radius 2 is 0.875 bits per heavy atom. The second kappa shape index (κ2) is 10.6. The maximum absolute atomic E-state index is 8.74. The molecule has 0 amide bonds. The standard InChI is InChI=1S/3Ca.H2O4S.6H/c;;;1-5(2,3)4;;;;;;/h;;;(H2,1,2,3,4);;;;;;. The molecule has 0 heterocycles. The first-order chi connectivity index (χ1) is 2.00. The summed E-state index contributed by atoms with van der Waals surface area (Å²) in [7, 11) is -4.67. The minimum absolute atomic E-state index is 0. The van der Waals surface area contributed by atoms with Crippen LogP contribution in [-0.4, -0.2) is 131 Å². The first-order valence-electron chi connectivity index (χ1n) is 0.698. The molecule has 0 aromatic rings. The molecule has 0 unspecified atom stereocenters. The second-order valence-corrected chi connectivity index (χ2v) is 1.34. The van der Waals surface area contributed by atoms with Gasteiger partial charge < -0.3 is 0 Å². The van der Waals surface area contributed by atoms with Crippen LogP contribution in [0.4, 0.5) is 0 Å². The molecule has 0 aliphatic heterocycles. The topological polar surface area (TPSA) is 74.6 Å². The summed E-state index contributed by atoms with van der Waals surface area (Å²) in [6.07, 6.45) is 0. The molecule has 0 bridgehead atoms. The fourth-order valence-electron chi connectivity index (χ4n) is 0. The van der Waals surface area contributed by atoms with Gasteiger partial charge in [-0.3, -0.25) is 9.11 Å². The Balaban J connectivity index is -0.0000000267. The first-order valence-corrected chi connectivity index (χ1v) is 2.10. The van der Waals surface area contributed by atoms with Crippen molar-refractivity contribution in [3.05, 3.63) is 0 Å².